The van der Waals surface area contributed by atoms with Crippen LogP contribution in [0.3, 0.4) is 0 Å². The van der Waals surface area contributed by atoms with Gasteiger partial charge in [-0.1, -0.05) is 0 Å². The van der Waals surface area contributed by atoms with E-state index in [1.165, 1.54) is 6.33 Å². The molecule has 7 heteroatoms. The molecule has 6 nitrogen and oxygen atoms in total. The van der Waals surface area contributed by atoms with Crippen LogP contribution in [0, 0.1) is 18.8 Å². The van der Waals surface area contributed by atoms with Crippen molar-refractivity contribution in [3.8, 4) is 0 Å². The number of imidazole rings is 1. The molecule has 0 aliphatic heterocycles. The van der Waals surface area contributed by atoms with Gasteiger partial charge in [-0.2, -0.15) is 0 Å². The molecule has 0 saturated heterocycles. The zero-order valence-electron chi connectivity index (χ0n) is 10.9. The summed E-state index contributed by atoms with van der Waals surface area (Å²) in [6.45, 7) is 1.52. The summed E-state index contributed by atoms with van der Waals surface area (Å²) in [5.74, 6) is -0.593. The summed E-state index contributed by atoms with van der Waals surface area (Å²) in [5.41, 5.74) is 2.48. The van der Waals surface area contributed by atoms with Crippen LogP contribution in [-0.2, 0) is 0 Å². The number of halogens is 1. The quantitative estimate of drug-likeness (QED) is 0.866. The van der Waals surface area contributed by atoms with Gasteiger partial charge < -0.3 is 14.8 Å². The Morgan fingerprint density at radius 2 is 2.10 bits per heavy atom. The maximum absolute atomic E-state index is 13.1. The lowest BCUT2D eigenvalue weighted by atomic mass is 9.66. The van der Waals surface area contributed by atoms with Gasteiger partial charge >= 0.3 is 0 Å². The summed E-state index contributed by atoms with van der Waals surface area (Å²) >= 11 is 0. The molecule has 3 atom stereocenters. The molecule has 0 spiro atoms. The Morgan fingerprint density at radius 3 is 2.75 bits per heavy atom. The van der Waals surface area contributed by atoms with Crippen LogP contribution in [0.25, 0.3) is 11.2 Å². The topological polar surface area (TPSA) is 84.1 Å². The van der Waals surface area contributed by atoms with Gasteiger partial charge in [-0.15, -0.1) is 0 Å². The third kappa shape index (κ3) is 1.66. The highest BCUT2D eigenvalue weighted by molar-refractivity contribution is 5.73. The van der Waals surface area contributed by atoms with Gasteiger partial charge in [0.2, 0.25) is 0 Å². The van der Waals surface area contributed by atoms with Gasteiger partial charge in [0.15, 0.2) is 5.65 Å². The van der Waals surface area contributed by atoms with E-state index in [0.29, 0.717) is 23.1 Å². The Kier molecular flexibility index (Phi) is 3.23. The second-order valence-electron chi connectivity index (χ2n) is 4.97. The average Bonchev–Trinajstić information content (AvgIpc) is 2.84. The smallest absolute Gasteiger partial charge is 0.164 e. The SMILES string of the molecule is Cc1ncnc2c1ncn2[C@H]1/C(=C\F)[C@@H](CO)[C@@H]1CO. The largest absolute Gasteiger partial charge is 0.396 e. The summed E-state index contributed by atoms with van der Waals surface area (Å²) < 4.78 is 14.8. The van der Waals surface area contributed by atoms with Crippen molar-refractivity contribution in [1.82, 2.24) is 19.5 Å². The van der Waals surface area contributed by atoms with Crippen LogP contribution in [0.4, 0.5) is 4.39 Å². The van der Waals surface area contributed by atoms with E-state index in [4.69, 9.17) is 0 Å². The van der Waals surface area contributed by atoms with Crippen LogP contribution in [0.1, 0.15) is 11.7 Å². The number of nitrogens with zero attached hydrogens (tertiary/aromatic N) is 4. The monoisotopic (exact) mass is 278 g/mol. The van der Waals surface area contributed by atoms with Crippen LogP contribution < -0.4 is 0 Å². The third-order valence-corrected chi connectivity index (χ3v) is 4.07. The minimum Gasteiger partial charge on any atom is -0.396 e. The normalized spacial score (nSPS) is 28.0. The van der Waals surface area contributed by atoms with Crippen molar-refractivity contribution >= 4 is 11.2 Å². The zero-order valence-corrected chi connectivity index (χ0v) is 10.9. The fourth-order valence-electron chi connectivity index (χ4n) is 2.97. The Balaban J connectivity index is 2.09. The van der Waals surface area contributed by atoms with Crippen molar-refractivity contribution in [2.75, 3.05) is 13.2 Å². The lowest BCUT2D eigenvalue weighted by molar-refractivity contribution is 0.0510. The molecule has 1 saturated carbocycles. The summed E-state index contributed by atoms with van der Waals surface area (Å²) in [5, 5.41) is 18.8. The van der Waals surface area contributed by atoms with Gasteiger partial charge in [-0.05, 0) is 12.5 Å². The van der Waals surface area contributed by atoms with Crippen molar-refractivity contribution in [3.05, 3.63) is 30.3 Å². The third-order valence-electron chi connectivity index (χ3n) is 4.07. The Bertz CT molecular complexity index is 669. The minimum absolute atomic E-state index is 0.128. The number of rotatable bonds is 3. The van der Waals surface area contributed by atoms with Crippen LogP contribution >= 0.6 is 0 Å². The molecule has 2 N–H and O–H groups in total. The molecular weight excluding hydrogens is 263 g/mol. The lowest BCUT2D eigenvalue weighted by Gasteiger charge is -2.45. The van der Waals surface area contributed by atoms with E-state index in [1.54, 1.807) is 10.9 Å². The van der Waals surface area contributed by atoms with Crippen LogP contribution in [0.2, 0.25) is 0 Å². The van der Waals surface area contributed by atoms with E-state index in [1.807, 2.05) is 6.92 Å². The van der Waals surface area contributed by atoms with Crippen molar-refractivity contribution in [2.45, 2.75) is 13.0 Å². The molecule has 0 bridgehead atoms. The highest BCUT2D eigenvalue weighted by Crippen LogP contribution is 2.49. The van der Waals surface area contributed by atoms with Crippen molar-refractivity contribution in [1.29, 1.82) is 0 Å². The molecular formula is C13H15FN4O2. The second-order valence-corrected chi connectivity index (χ2v) is 4.97. The maximum atomic E-state index is 13.1. The molecule has 1 fully saturated rings. The number of aliphatic hydroxyl groups excluding tert-OH is 2. The molecule has 1 aliphatic carbocycles. The first kappa shape index (κ1) is 13.1. The first-order valence-electron chi connectivity index (χ1n) is 6.39. The summed E-state index contributed by atoms with van der Waals surface area (Å²) in [4.78, 5) is 12.5. The van der Waals surface area contributed by atoms with E-state index < -0.39 is 0 Å². The van der Waals surface area contributed by atoms with Gasteiger partial charge in [-0.25, -0.2) is 19.3 Å². The summed E-state index contributed by atoms with van der Waals surface area (Å²) in [6.07, 6.45) is 3.53. The molecule has 3 rings (SSSR count). The summed E-state index contributed by atoms with van der Waals surface area (Å²) in [7, 11) is 0. The first-order chi connectivity index (χ1) is 9.72. The molecule has 2 aromatic heterocycles. The van der Waals surface area contributed by atoms with Crippen LogP contribution in [0.5, 0.6) is 0 Å². The number of aliphatic hydroxyl groups is 2. The van der Waals surface area contributed by atoms with Gasteiger partial charge in [0.1, 0.15) is 11.8 Å². The van der Waals surface area contributed by atoms with Crippen molar-refractivity contribution < 1.29 is 14.6 Å². The second kappa shape index (κ2) is 4.92. The molecule has 1 aliphatic rings. The molecule has 0 radical (unpaired) electrons. The standard InChI is InChI=1S/C13H15FN4O2/c1-7-11-13(16-5-15-7)18(6-17-11)12-8(2-14)9(3-19)10(12)4-20/h2,5-6,9-10,12,19-20H,3-4H2,1H3/b8-2-/t9-,10+,12+/m1/s1. The summed E-state index contributed by atoms with van der Waals surface area (Å²) in [6, 6.07) is -0.360. The maximum Gasteiger partial charge on any atom is 0.164 e. The number of aryl methyl sites for hydroxylation is 1. The van der Waals surface area contributed by atoms with Gasteiger partial charge in [-0.3, -0.25) is 0 Å². The molecule has 0 amide bonds. The van der Waals surface area contributed by atoms with Crippen molar-refractivity contribution in [2.24, 2.45) is 11.8 Å². The van der Waals surface area contributed by atoms with E-state index in [0.717, 1.165) is 5.69 Å². The highest BCUT2D eigenvalue weighted by Gasteiger charge is 2.47. The first-order valence-corrected chi connectivity index (χ1v) is 6.39. The number of aromatic nitrogens is 4. The number of fused-ring (bicyclic) bond motifs is 1. The van der Waals surface area contributed by atoms with Crippen LogP contribution in [-0.4, -0.2) is 42.9 Å². The zero-order chi connectivity index (χ0) is 14.3. The lowest BCUT2D eigenvalue weighted by Crippen LogP contribution is -2.45. The fourth-order valence-corrected chi connectivity index (χ4v) is 2.97. The molecule has 0 unspecified atom stereocenters. The van der Waals surface area contributed by atoms with E-state index in [-0.39, 0.29) is 31.1 Å². The van der Waals surface area contributed by atoms with Gasteiger partial charge in [0.25, 0.3) is 0 Å². The molecule has 106 valence electrons. The number of hydrogen-bond donors (Lipinski definition) is 2. The predicted octanol–water partition coefficient (Wildman–Crippen LogP) is 0.760. The van der Waals surface area contributed by atoms with Crippen LogP contribution in [0.15, 0.2) is 24.6 Å². The highest BCUT2D eigenvalue weighted by atomic mass is 19.1. The molecule has 0 aromatic carbocycles. The molecule has 20 heavy (non-hydrogen) atoms. The fraction of sp³-hybridized carbons (Fsp3) is 0.462. The average molecular weight is 278 g/mol. The minimum atomic E-state index is -0.360. The van der Waals surface area contributed by atoms with E-state index >= 15 is 0 Å². The Hall–Kier alpha value is -1.86. The molecule has 2 heterocycles. The van der Waals surface area contributed by atoms with Crippen molar-refractivity contribution in [3.63, 3.8) is 0 Å². The van der Waals surface area contributed by atoms with E-state index in [9.17, 15) is 14.6 Å². The predicted molar refractivity (Wildman–Crippen MR) is 69.4 cm³/mol. The van der Waals surface area contributed by atoms with Gasteiger partial charge in [0, 0.05) is 18.4 Å². The van der Waals surface area contributed by atoms with Gasteiger partial charge in [0.05, 0.1) is 31.0 Å². The number of hydrogen-bond acceptors (Lipinski definition) is 5. The molecule has 2 aromatic rings. The Labute approximate surface area is 114 Å². The Morgan fingerprint density at radius 1 is 1.30 bits per heavy atom. The van der Waals surface area contributed by atoms with E-state index in [2.05, 4.69) is 15.0 Å².